The molecule has 2 nitrogen and oxygen atoms in total. The van der Waals surface area contributed by atoms with E-state index in [-0.39, 0.29) is 17.3 Å². The monoisotopic (exact) mass is 210 g/mol. The van der Waals surface area contributed by atoms with Crippen molar-refractivity contribution in [3.63, 3.8) is 0 Å². The Morgan fingerprint density at radius 2 is 2.00 bits per heavy atom. The highest BCUT2D eigenvalue weighted by Gasteiger charge is 2.32. The SMILES string of the molecule is NCc1cc(Cl)cc(C(F)(F)F)n1. The molecule has 0 spiro atoms. The molecule has 1 rings (SSSR count). The topological polar surface area (TPSA) is 38.9 Å². The van der Waals surface area contributed by atoms with E-state index in [4.69, 9.17) is 17.3 Å². The molecule has 0 saturated carbocycles. The number of pyridine rings is 1. The zero-order chi connectivity index (χ0) is 10.1. The minimum atomic E-state index is -4.48. The minimum absolute atomic E-state index is 0.0113. The maximum Gasteiger partial charge on any atom is 0.433 e. The molecule has 6 heteroatoms. The lowest BCUT2D eigenvalue weighted by Gasteiger charge is -2.07. The number of rotatable bonds is 1. The number of hydrogen-bond donors (Lipinski definition) is 1. The van der Waals surface area contributed by atoms with Gasteiger partial charge in [0.25, 0.3) is 0 Å². The highest BCUT2D eigenvalue weighted by atomic mass is 35.5. The third-order valence-electron chi connectivity index (χ3n) is 1.34. The van der Waals surface area contributed by atoms with Gasteiger partial charge in [0, 0.05) is 11.6 Å². The first kappa shape index (κ1) is 10.3. The van der Waals surface area contributed by atoms with Gasteiger partial charge in [0.2, 0.25) is 0 Å². The molecule has 1 aromatic heterocycles. The van der Waals surface area contributed by atoms with Gasteiger partial charge in [-0.15, -0.1) is 0 Å². The Morgan fingerprint density at radius 3 is 2.46 bits per heavy atom. The zero-order valence-corrected chi connectivity index (χ0v) is 7.15. The van der Waals surface area contributed by atoms with Gasteiger partial charge in [-0.2, -0.15) is 13.2 Å². The maximum atomic E-state index is 12.1. The van der Waals surface area contributed by atoms with Gasteiger partial charge in [-0.1, -0.05) is 11.6 Å². The van der Waals surface area contributed by atoms with Crippen molar-refractivity contribution in [2.24, 2.45) is 5.73 Å². The van der Waals surface area contributed by atoms with E-state index < -0.39 is 11.9 Å². The van der Waals surface area contributed by atoms with E-state index in [0.29, 0.717) is 0 Å². The fraction of sp³-hybridized carbons (Fsp3) is 0.286. The molecule has 0 aliphatic carbocycles. The summed E-state index contributed by atoms with van der Waals surface area (Å²) in [6, 6.07) is 2.07. The van der Waals surface area contributed by atoms with Crippen molar-refractivity contribution in [3.8, 4) is 0 Å². The molecule has 72 valence electrons. The lowest BCUT2D eigenvalue weighted by atomic mass is 10.3. The molecule has 2 N–H and O–H groups in total. The third kappa shape index (κ3) is 2.57. The molecule has 1 aromatic rings. The van der Waals surface area contributed by atoms with E-state index in [1.807, 2.05) is 0 Å². The van der Waals surface area contributed by atoms with Gasteiger partial charge >= 0.3 is 6.18 Å². The summed E-state index contributed by atoms with van der Waals surface area (Å²) in [6.07, 6.45) is -4.48. The van der Waals surface area contributed by atoms with Crippen LogP contribution < -0.4 is 5.73 Å². The molecule has 0 aliphatic heterocycles. The van der Waals surface area contributed by atoms with Gasteiger partial charge in [0.15, 0.2) is 0 Å². The van der Waals surface area contributed by atoms with Crippen molar-refractivity contribution < 1.29 is 13.2 Å². The lowest BCUT2D eigenvalue weighted by molar-refractivity contribution is -0.141. The van der Waals surface area contributed by atoms with Crippen LogP contribution in [-0.2, 0) is 12.7 Å². The second-order valence-electron chi connectivity index (χ2n) is 2.36. The molecular formula is C7H6ClF3N2. The van der Waals surface area contributed by atoms with Crippen molar-refractivity contribution in [1.82, 2.24) is 4.98 Å². The molecule has 0 aromatic carbocycles. The summed E-state index contributed by atoms with van der Waals surface area (Å²) in [6.45, 7) is -0.0658. The maximum absolute atomic E-state index is 12.1. The van der Waals surface area contributed by atoms with Gasteiger partial charge in [-0.3, -0.25) is 0 Å². The molecule has 0 aliphatic rings. The molecule has 0 bridgehead atoms. The van der Waals surface area contributed by atoms with Crippen LogP contribution in [-0.4, -0.2) is 4.98 Å². The van der Waals surface area contributed by atoms with Gasteiger partial charge in [0.05, 0.1) is 5.69 Å². The fourth-order valence-corrected chi connectivity index (χ4v) is 1.03. The third-order valence-corrected chi connectivity index (χ3v) is 1.56. The number of aromatic nitrogens is 1. The Morgan fingerprint density at radius 1 is 1.38 bits per heavy atom. The molecule has 13 heavy (non-hydrogen) atoms. The second kappa shape index (κ2) is 3.51. The average Bonchev–Trinajstić information content (AvgIpc) is 2.01. The van der Waals surface area contributed by atoms with Crippen molar-refractivity contribution in [3.05, 3.63) is 28.5 Å². The van der Waals surface area contributed by atoms with Gasteiger partial charge < -0.3 is 5.73 Å². The van der Waals surface area contributed by atoms with E-state index in [0.717, 1.165) is 6.07 Å². The van der Waals surface area contributed by atoms with Crippen LogP contribution in [0.4, 0.5) is 13.2 Å². The van der Waals surface area contributed by atoms with Gasteiger partial charge in [-0.05, 0) is 12.1 Å². The Balaban J connectivity index is 3.16. The second-order valence-corrected chi connectivity index (χ2v) is 2.80. The molecule has 0 saturated heterocycles. The highest BCUT2D eigenvalue weighted by Crippen LogP contribution is 2.29. The smallest absolute Gasteiger partial charge is 0.325 e. The van der Waals surface area contributed by atoms with Crippen LogP contribution in [0.1, 0.15) is 11.4 Å². The number of nitrogens with two attached hydrogens (primary N) is 1. The summed E-state index contributed by atoms with van der Waals surface area (Å²) in [5.74, 6) is 0. The number of alkyl halides is 3. The van der Waals surface area contributed by atoms with E-state index in [1.54, 1.807) is 0 Å². The molecule has 0 fully saturated rings. The van der Waals surface area contributed by atoms with Crippen molar-refractivity contribution >= 4 is 11.6 Å². The van der Waals surface area contributed by atoms with Gasteiger partial charge in [0.1, 0.15) is 5.69 Å². The predicted octanol–water partition coefficient (Wildman–Crippen LogP) is 2.21. The normalized spacial score (nSPS) is 11.8. The van der Waals surface area contributed by atoms with Crippen LogP contribution in [0.25, 0.3) is 0 Å². The first-order valence-corrected chi connectivity index (χ1v) is 3.75. The number of halogens is 4. The quantitative estimate of drug-likeness (QED) is 0.772. The summed E-state index contributed by atoms with van der Waals surface area (Å²) in [5.41, 5.74) is 4.25. The molecular weight excluding hydrogens is 205 g/mol. The lowest BCUT2D eigenvalue weighted by Crippen LogP contribution is -2.11. The predicted molar refractivity (Wildman–Crippen MR) is 42.1 cm³/mol. The van der Waals surface area contributed by atoms with Gasteiger partial charge in [-0.25, -0.2) is 4.98 Å². The van der Waals surface area contributed by atoms with Crippen LogP contribution in [0.5, 0.6) is 0 Å². The molecule has 0 radical (unpaired) electrons. The van der Waals surface area contributed by atoms with Crippen molar-refractivity contribution in [2.75, 3.05) is 0 Å². The Bertz CT molecular complexity index is 311. The van der Waals surface area contributed by atoms with E-state index in [2.05, 4.69) is 4.98 Å². The zero-order valence-electron chi connectivity index (χ0n) is 6.40. The average molecular weight is 211 g/mol. The fourth-order valence-electron chi connectivity index (χ4n) is 0.800. The van der Waals surface area contributed by atoms with Crippen molar-refractivity contribution in [2.45, 2.75) is 12.7 Å². The van der Waals surface area contributed by atoms with Crippen LogP contribution in [0.15, 0.2) is 12.1 Å². The molecule has 0 amide bonds. The molecule has 1 heterocycles. The standard InChI is InChI=1S/C7H6ClF3N2/c8-4-1-5(3-12)13-6(2-4)7(9,10)11/h1-2H,3,12H2. The summed E-state index contributed by atoms with van der Waals surface area (Å²) >= 11 is 5.44. The van der Waals surface area contributed by atoms with Crippen LogP contribution in [0, 0.1) is 0 Å². The Hall–Kier alpha value is -0.810. The van der Waals surface area contributed by atoms with Crippen LogP contribution >= 0.6 is 11.6 Å². The molecule has 0 unspecified atom stereocenters. The minimum Gasteiger partial charge on any atom is -0.325 e. The van der Waals surface area contributed by atoms with Crippen molar-refractivity contribution in [1.29, 1.82) is 0 Å². The van der Waals surface area contributed by atoms with E-state index in [1.165, 1.54) is 6.07 Å². The summed E-state index contributed by atoms with van der Waals surface area (Å²) < 4.78 is 36.4. The Kier molecular flexibility index (Phi) is 2.77. The Labute approximate surface area is 77.5 Å². The largest absolute Gasteiger partial charge is 0.433 e. The first-order valence-electron chi connectivity index (χ1n) is 3.37. The summed E-state index contributed by atoms with van der Waals surface area (Å²) in [7, 11) is 0. The first-order chi connectivity index (χ1) is 5.93. The summed E-state index contributed by atoms with van der Waals surface area (Å²) in [4.78, 5) is 3.29. The summed E-state index contributed by atoms with van der Waals surface area (Å²) in [5, 5.41) is -0.0113. The van der Waals surface area contributed by atoms with E-state index >= 15 is 0 Å². The number of hydrogen-bond acceptors (Lipinski definition) is 2. The van der Waals surface area contributed by atoms with Crippen LogP contribution in [0.2, 0.25) is 5.02 Å². The highest BCUT2D eigenvalue weighted by molar-refractivity contribution is 6.30. The number of nitrogens with zero attached hydrogens (tertiary/aromatic N) is 1. The van der Waals surface area contributed by atoms with Crippen LogP contribution in [0.3, 0.4) is 0 Å². The van der Waals surface area contributed by atoms with E-state index in [9.17, 15) is 13.2 Å². The molecule has 0 atom stereocenters.